The molecule has 1 unspecified atom stereocenters. The maximum atomic E-state index is 4.24. The van der Waals surface area contributed by atoms with Gasteiger partial charge in [-0.3, -0.25) is 0 Å². The predicted octanol–water partition coefficient (Wildman–Crippen LogP) is 2.89. The van der Waals surface area contributed by atoms with E-state index in [4.69, 9.17) is 0 Å². The minimum Gasteiger partial charge on any atom is -0.333 e. The van der Waals surface area contributed by atoms with E-state index in [1.165, 1.54) is 25.1 Å². The molecule has 116 valence electrons. The average molecular weight is 280 g/mol. The van der Waals surface area contributed by atoms with Crippen LogP contribution in [0.25, 0.3) is 0 Å². The summed E-state index contributed by atoms with van der Waals surface area (Å²) in [5, 5.41) is 3.61. The molecule has 0 radical (unpaired) electrons. The minimum absolute atomic E-state index is 0.565. The molecule has 0 aliphatic carbocycles. The van der Waals surface area contributed by atoms with Crippen LogP contribution in [0.4, 0.5) is 0 Å². The minimum atomic E-state index is 0.565. The highest BCUT2D eigenvalue weighted by atomic mass is 15.1. The van der Waals surface area contributed by atoms with Crippen molar-refractivity contribution in [3.8, 4) is 0 Å². The summed E-state index contributed by atoms with van der Waals surface area (Å²) >= 11 is 0. The lowest BCUT2D eigenvalue weighted by Gasteiger charge is -2.20. The average Bonchev–Trinajstić information content (AvgIpc) is 2.89. The highest BCUT2D eigenvalue weighted by Crippen LogP contribution is 2.04. The van der Waals surface area contributed by atoms with E-state index in [1.54, 1.807) is 0 Å². The van der Waals surface area contributed by atoms with Crippen LogP contribution in [0.5, 0.6) is 0 Å². The molecule has 0 aliphatic rings. The quantitative estimate of drug-likeness (QED) is 0.676. The van der Waals surface area contributed by atoms with Gasteiger partial charge < -0.3 is 14.8 Å². The molecule has 0 bridgehead atoms. The lowest BCUT2D eigenvalue weighted by Crippen LogP contribution is -2.29. The Balaban J connectivity index is 2.22. The van der Waals surface area contributed by atoms with Crippen LogP contribution in [0.2, 0.25) is 0 Å². The van der Waals surface area contributed by atoms with Gasteiger partial charge in [0.2, 0.25) is 0 Å². The van der Waals surface area contributed by atoms with E-state index >= 15 is 0 Å². The summed E-state index contributed by atoms with van der Waals surface area (Å²) < 4.78 is 2.25. The summed E-state index contributed by atoms with van der Waals surface area (Å²) in [6.07, 6.45) is 7.57. The number of rotatable bonds is 11. The molecule has 0 aromatic carbocycles. The molecule has 1 aromatic heterocycles. The smallest absolute Gasteiger partial charge is 0.0948 e. The van der Waals surface area contributed by atoms with Crippen molar-refractivity contribution in [3.63, 3.8) is 0 Å². The number of hydrogen-bond acceptors (Lipinski definition) is 3. The van der Waals surface area contributed by atoms with Crippen molar-refractivity contribution in [3.05, 3.63) is 18.2 Å². The first-order chi connectivity index (χ1) is 9.71. The fourth-order valence-corrected chi connectivity index (χ4v) is 2.48. The van der Waals surface area contributed by atoms with Gasteiger partial charge in [-0.2, -0.15) is 0 Å². The molecule has 4 heteroatoms. The number of aryl methyl sites for hydroxylation is 1. The van der Waals surface area contributed by atoms with E-state index in [1.807, 2.05) is 12.5 Å². The van der Waals surface area contributed by atoms with Crippen molar-refractivity contribution in [1.29, 1.82) is 0 Å². The van der Waals surface area contributed by atoms with E-state index in [9.17, 15) is 0 Å². The number of imidazole rings is 1. The van der Waals surface area contributed by atoms with Crippen molar-refractivity contribution in [2.24, 2.45) is 0 Å². The second-order valence-electron chi connectivity index (χ2n) is 5.53. The summed E-state index contributed by atoms with van der Waals surface area (Å²) in [6, 6.07) is 0.565. The summed E-state index contributed by atoms with van der Waals surface area (Å²) in [6.45, 7) is 14.5. The van der Waals surface area contributed by atoms with Gasteiger partial charge in [0, 0.05) is 25.3 Å². The second-order valence-corrected chi connectivity index (χ2v) is 5.53. The Bertz CT molecular complexity index is 344. The summed E-state index contributed by atoms with van der Waals surface area (Å²) in [5.74, 6) is 0. The molecule has 0 spiro atoms. The first-order valence-electron chi connectivity index (χ1n) is 8.15. The molecule has 1 N–H and O–H groups in total. The summed E-state index contributed by atoms with van der Waals surface area (Å²) in [4.78, 5) is 6.73. The third-order valence-corrected chi connectivity index (χ3v) is 3.90. The Morgan fingerprint density at radius 2 is 2.05 bits per heavy atom. The fourth-order valence-electron chi connectivity index (χ4n) is 2.48. The largest absolute Gasteiger partial charge is 0.333 e. The monoisotopic (exact) mass is 280 g/mol. The molecule has 4 nitrogen and oxygen atoms in total. The first-order valence-corrected chi connectivity index (χ1v) is 8.15. The van der Waals surface area contributed by atoms with Gasteiger partial charge in [0.1, 0.15) is 0 Å². The van der Waals surface area contributed by atoms with Crippen LogP contribution in [0.15, 0.2) is 12.5 Å². The lowest BCUT2D eigenvalue weighted by atomic mass is 10.1. The zero-order valence-corrected chi connectivity index (χ0v) is 13.7. The van der Waals surface area contributed by atoms with E-state index in [0.717, 1.165) is 32.6 Å². The lowest BCUT2D eigenvalue weighted by molar-refractivity contribution is 0.290. The normalized spacial score (nSPS) is 13.1. The van der Waals surface area contributed by atoms with E-state index in [-0.39, 0.29) is 0 Å². The standard InChI is InChI=1S/C16H32N4/c1-5-10-20-14-17-12-16(20)13-18-15(4)9-8-11-19(6-2)7-3/h12,14-15,18H,5-11,13H2,1-4H3. The van der Waals surface area contributed by atoms with Crippen molar-refractivity contribution in [2.45, 2.75) is 66.1 Å². The highest BCUT2D eigenvalue weighted by molar-refractivity contribution is 4.98. The molecule has 1 aromatic rings. The maximum Gasteiger partial charge on any atom is 0.0948 e. The van der Waals surface area contributed by atoms with Crippen molar-refractivity contribution in [1.82, 2.24) is 19.8 Å². The Morgan fingerprint density at radius 3 is 2.70 bits per heavy atom. The van der Waals surface area contributed by atoms with E-state index in [0.29, 0.717) is 6.04 Å². The third-order valence-electron chi connectivity index (χ3n) is 3.90. The Labute approximate surface area is 124 Å². The van der Waals surface area contributed by atoms with E-state index < -0.39 is 0 Å². The molecule has 1 heterocycles. The number of nitrogens with zero attached hydrogens (tertiary/aromatic N) is 3. The molecular formula is C16H32N4. The molecule has 0 saturated heterocycles. The Hall–Kier alpha value is -0.870. The second kappa shape index (κ2) is 9.94. The predicted molar refractivity (Wildman–Crippen MR) is 85.8 cm³/mol. The zero-order chi connectivity index (χ0) is 14.8. The molecule has 20 heavy (non-hydrogen) atoms. The van der Waals surface area contributed by atoms with Gasteiger partial charge in [-0.1, -0.05) is 20.8 Å². The summed E-state index contributed by atoms with van der Waals surface area (Å²) in [7, 11) is 0. The summed E-state index contributed by atoms with van der Waals surface area (Å²) in [5.41, 5.74) is 1.29. The van der Waals surface area contributed by atoms with Gasteiger partial charge in [-0.05, 0) is 45.8 Å². The number of aromatic nitrogens is 2. The molecular weight excluding hydrogens is 248 g/mol. The van der Waals surface area contributed by atoms with Crippen LogP contribution in [0.1, 0.15) is 52.7 Å². The van der Waals surface area contributed by atoms with Gasteiger partial charge in [0.05, 0.1) is 12.0 Å². The van der Waals surface area contributed by atoms with Gasteiger partial charge in [-0.15, -0.1) is 0 Å². The molecule has 0 saturated carbocycles. The fraction of sp³-hybridized carbons (Fsp3) is 0.812. The Kier molecular flexibility index (Phi) is 8.54. The molecule has 1 atom stereocenters. The highest BCUT2D eigenvalue weighted by Gasteiger charge is 2.06. The van der Waals surface area contributed by atoms with Crippen LogP contribution < -0.4 is 5.32 Å². The maximum absolute atomic E-state index is 4.24. The third kappa shape index (κ3) is 6.06. The van der Waals surface area contributed by atoms with Crippen molar-refractivity contribution >= 4 is 0 Å². The topological polar surface area (TPSA) is 33.1 Å². The number of nitrogens with one attached hydrogen (secondary N) is 1. The van der Waals surface area contributed by atoms with Gasteiger partial charge in [-0.25, -0.2) is 4.98 Å². The van der Waals surface area contributed by atoms with Crippen LogP contribution in [-0.2, 0) is 13.1 Å². The van der Waals surface area contributed by atoms with Crippen LogP contribution in [-0.4, -0.2) is 40.1 Å². The molecule has 0 amide bonds. The number of hydrogen-bond donors (Lipinski definition) is 1. The SMILES string of the molecule is CCCn1cncc1CNC(C)CCCN(CC)CC. The van der Waals surface area contributed by atoms with E-state index in [2.05, 4.69) is 47.5 Å². The van der Waals surface area contributed by atoms with Gasteiger partial charge >= 0.3 is 0 Å². The van der Waals surface area contributed by atoms with Crippen LogP contribution in [0, 0.1) is 0 Å². The van der Waals surface area contributed by atoms with Gasteiger partial charge in [0.25, 0.3) is 0 Å². The first kappa shape index (κ1) is 17.2. The van der Waals surface area contributed by atoms with Crippen molar-refractivity contribution < 1.29 is 0 Å². The zero-order valence-electron chi connectivity index (χ0n) is 13.7. The molecule has 0 fully saturated rings. The molecule has 1 rings (SSSR count). The van der Waals surface area contributed by atoms with Crippen LogP contribution in [0.3, 0.4) is 0 Å². The van der Waals surface area contributed by atoms with Crippen molar-refractivity contribution in [2.75, 3.05) is 19.6 Å². The van der Waals surface area contributed by atoms with Gasteiger partial charge in [0.15, 0.2) is 0 Å². The van der Waals surface area contributed by atoms with Crippen LogP contribution >= 0.6 is 0 Å². The Morgan fingerprint density at radius 1 is 1.30 bits per heavy atom. The molecule has 0 aliphatic heterocycles.